The Morgan fingerprint density at radius 2 is 1.96 bits per heavy atom. The van der Waals surface area contributed by atoms with Gasteiger partial charge in [-0.25, -0.2) is 0 Å². The molecular weight excluding hydrogens is 404 g/mol. The normalized spacial score (nSPS) is 10.4. The number of para-hydroxylation sites is 1. The summed E-state index contributed by atoms with van der Waals surface area (Å²) in [5.74, 6) is 0.456. The molecule has 26 heavy (non-hydrogen) atoms. The van der Waals surface area contributed by atoms with E-state index in [0.717, 1.165) is 0 Å². The van der Waals surface area contributed by atoms with Crippen LogP contribution in [0.4, 0.5) is 11.5 Å². The molecule has 3 rings (SSSR count). The highest BCUT2D eigenvalue weighted by molar-refractivity contribution is 9.10. The number of nitro benzene ring substituents is 1. The van der Waals surface area contributed by atoms with E-state index in [4.69, 9.17) is 4.74 Å². The number of rotatable bonds is 5. The second-order valence-corrected chi connectivity index (χ2v) is 6.10. The minimum Gasteiger partial charge on any atom is -0.457 e. The van der Waals surface area contributed by atoms with Crippen molar-refractivity contribution in [1.29, 1.82) is 0 Å². The summed E-state index contributed by atoms with van der Waals surface area (Å²) >= 11 is 3.29. The Hall–Kier alpha value is -3.20. The Balaban J connectivity index is 1.94. The zero-order chi connectivity index (χ0) is 18.7. The number of carbonyl (C=O) groups is 1. The summed E-state index contributed by atoms with van der Waals surface area (Å²) < 4.78 is 7.92. The third kappa shape index (κ3) is 3.89. The van der Waals surface area contributed by atoms with E-state index in [-0.39, 0.29) is 17.0 Å². The molecule has 0 aliphatic heterocycles. The number of aromatic nitrogens is 2. The molecule has 9 heteroatoms. The third-order valence-electron chi connectivity index (χ3n) is 3.45. The van der Waals surface area contributed by atoms with E-state index in [1.54, 1.807) is 37.4 Å². The van der Waals surface area contributed by atoms with Crippen molar-refractivity contribution in [2.45, 2.75) is 0 Å². The quantitative estimate of drug-likeness (QED) is 0.497. The van der Waals surface area contributed by atoms with Gasteiger partial charge in [0.15, 0.2) is 5.82 Å². The predicted molar refractivity (Wildman–Crippen MR) is 98.5 cm³/mol. The molecule has 3 aromatic rings. The van der Waals surface area contributed by atoms with Crippen LogP contribution in [0.3, 0.4) is 0 Å². The number of nitro groups is 1. The van der Waals surface area contributed by atoms with Crippen LogP contribution in [0.5, 0.6) is 11.5 Å². The lowest BCUT2D eigenvalue weighted by molar-refractivity contribution is -0.384. The minimum atomic E-state index is -0.569. The molecule has 8 nitrogen and oxygen atoms in total. The van der Waals surface area contributed by atoms with Crippen molar-refractivity contribution in [3.05, 3.63) is 74.9 Å². The van der Waals surface area contributed by atoms with Crippen LogP contribution in [0, 0.1) is 10.1 Å². The molecule has 1 N–H and O–H groups in total. The lowest BCUT2D eigenvalue weighted by Gasteiger charge is -2.10. The number of anilines is 1. The first kappa shape index (κ1) is 17.6. The highest BCUT2D eigenvalue weighted by Gasteiger charge is 2.19. The van der Waals surface area contributed by atoms with E-state index in [1.165, 1.54) is 22.9 Å². The summed E-state index contributed by atoms with van der Waals surface area (Å²) in [4.78, 5) is 23.1. The highest BCUT2D eigenvalue weighted by atomic mass is 79.9. The molecule has 132 valence electrons. The van der Waals surface area contributed by atoms with Crippen LogP contribution in [0.1, 0.15) is 10.4 Å². The number of hydrogen-bond donors (Lipinski definition) is 1. The smallest absolute Gasteiger partial charge is 0.270 e. The number of aryl methyl sites for hydroxylation is 1. The molecule has 0 aliphatic rings. The zero-order valence-corrected chi connectivity index (χ0v) is 15.1. The van der Waals surface area contributed by atoms with Gasteiger partial charge in [0.05, 0.1) is 10.5 Å². The summed E-state index contributed by atoms with van der Waals surface area (Å²) in [5.41, 5.74) is -0.178. The van der Waals surface area contributed by atoms with Crippen molar-refractivity contribution in [3.8, 4) is 11.5 Å². The van der Waals surface area contributed by atoms with Crippen molar-refractivity contribution in [2.24, 2.45) is 7.05 Å². The number of nitrogens with one attached hydrogen (secondary N) is 1. The van der Waals surface area contributed by atoms with Crippen LogP contribution in [0.15, 0.2) is 59.2 Å². The van der Waals surface area contributed by atoms with Crippen LogP contribution in [-0.4, -0.2) is 20.6 Å². The molecule has 2 aromatic carbocycles. The first-order valence-corrected chi connectivity index (χ1v) is 8.25. The molecule has 0 bridgehead atoms. The first-order chi connectivity index (χ1) is 12.4. The van der Waals surface area contributed by atoms with Gasteiger partial charge in [-0.2, -0.15) is 5.10 Å². The van der Waals surface area contributed by atoms with E-state index < -0.39 is 10.8 Å². The summed E-state index contributed by atoms with van der Waals surface area (Å²) in [6.07, 6.45) is 0. The maximum atomic E-state index is 12.6. The van der Waals surface area contributed by atoms with Gasteiger partial charge < -0.3 is 10.1 Å². The number of halogens is 1. The van der Waals surface area contributed by atoms with Crippen LogP contribution in [0.2, 0.25) is 0 Å². The van der Waals surface area contributed by atoms with Crippen molar-refractivity contribution in [3.63, 3.8) is 0 Å². The van der Waals surface area contributed by atoms with Crippen molar-refractivity contribution in [2.75, 3.05) is 5.32 Å². The van der Waals surface area contributed by atoms with Gasteiger partial charge in [-0.3, -0.25) is 19.6 Å². The molecule has 0 atom stereocenters. The van der Waals surface area contributed by atoms with Crippen LogP contribution < -0.4 is 10.1 Å². The second kappa shape index (κ2) is 7.36. The zero-order valence-electron chi connectivity index (χ0n) is 13.5. The average Bonchev–Trinajstić information content (AvgIpc) is 2.93. The molecule has 0 aliphatic carbocycles. The number of carbonyl (C=O) groups excluding carboxylic acids is 1. The Bertz CT molecular complexity index is 953. The summed E-state index contributed by atoms with van der Waals surface area (Å²) in [6, 6.07) is 14.3. The fourth-order valence-corrected chi connectivity index (χ4v) is 2.50. The van der Waals surface area contributed by atoms with Gasteiger partial charge in [0.25, 0.3) is 11.6 Å². The fraction of sp³-hybridized carbons (Fsp3) is 0.0588. The van der Waals surface area contributed by atoms with Crippen molar-refractivity contribution < 1.29 is 14.5 Å². The molecule has 1 amide bonds. The Kier molecular flexibility index (Phi) is 4.99. The lowest BCUT2D eigenvalue weighted by Crippen LogP contribution is -2.14. The summed E-state index contributed by atoms with van der Waals surface area (Å²) in [7, 11) is 1.71. The predicted octanol–water partition coefficient (Wildman–Crippen LogP) is 4.14. The average molecular weight is 417 g/mol. The fourth-order valence-electron chi connectivity index (χ4n) is 2.20. The number of non-ortho nitro benzene ring substituents is 1. The molecule has 1 heterocycles. The molecular formula is C17H13BrN4O4. The van der Waals surface area contributed by atoms with E-state index in [0.29, 0.717) is 16.2 Å². The van der Waals surface area contributed by atoms with Gasteiger partial charge in [-0.05, 0) is 34.1 Å². The Morgan fingerprint density at radius 3 is 2.58 bits per heavy atom. The number of nitrogens with zero attached hydrogens (tertiary/aromatic N) is 3. The highest BCUT2D eigenvalue weighted by Crippen LogP contribution is 2.29. The summed E-state index contributed by atoms with van der Waals surface area (Å²) in [5, 5.41) is 17.8. The molecule has 0 saturated carbocycles. The molecule has 0 fully saturated rings. The topological polar surface area (TPSA) is 99.3 Å². The number of ether oxygens (including phenoxy) is 1. The Morgan fingerprint density at radius 1 is 1.23 bits per heavy atom. The van der Waals surface area contributed by atoms with Gasteiger partial charge in [-0.1, -0.05) is 18.2 Å². The van der Waals surface area contributed by atoms with Crippen LogP contribution in [-0.2, 0) is 7.05 Å². The lowest BCUT2D eigenvalue weighted by atomic mass is 10.1. The maximum absolute atomic E-state index is 12.6. The van der Waals surface area contributed by atoms with Gasteiger partial charge >= 0.3 is 0 Å². The molecule has 1 aromatic heterocycles. The van der Waals surface area contributed by atoms with E-state index in [2.05, 4.69) is 26.3 Å². The standard InChI is InChI=1S/C17H13BrN4O4/c1-21-15(18)10-16(20-21)19-17(23)13-9-11(22(24)25)7-8-14(13)26-12-5-3-2-4-6-12/h2-10H,1H3,(H,19,20,23). The molecule has 0 unspecified atom stereocenters. The number of amides is 1. The van der Waals surface area contributed by atoms with Crippen LogP contribution >= 0.6 is 15.9 Å². The van der Waals surface area contributed by atoms with E-state index in [1.807, 2.05) is 6.07 Å². The van der Waals surface area contributed by atoms with Crippen LogP contribution in [0.25, 0.3) is 0 Å². The largest absolute Gasteiger partial charge is 0.457 e. The van der Waals surface area contributed by atoms with Gasteiger partial charge in [-0.15, -0.1) is 0 Å². The minimum absolute atomic E-state index is 0.0322. The molecule has 0 radical (unpaired) electrons. The van der Waals surface area contributed by atoms with E-state index in [9.17, 15) is 14.9 Å². The maximum Gasteiger partial charge on any atom is 0.270 e. The third-order valence-corrected chi connectivity index (χ3v) is 4.20. The Labute approximate surface area is 156 Å². The second-order valence-electron chi connectivity index (χ2n) is 5.28. The van der Waals surface area contributed by atoms with Crippen molar-refractivity contribution in [1.82, 2.24) is 9.78 Å². The molecule has 0 saturated heterocycles. The number of hydrogen-bond acceptors (Lipinski definition) is 5. The monoisotopic (exact) mass is 416 g/mol. The van der Waals surface area contributed by atoms with E-state index >= 15 is 0 Å². The van der Waals surface area contributed by atoms with Gasteiger partial charge in [0.2, 0.25) is 0 Å². The van der Waals surface area contributed by atoms with Gasteiger partial charge in [0, 0.05) is 25.2 Å². The summed E-state index contributed by atoms with van der Waals surface area (Å²) in [6.45, 7) is 0. The first-order valence-electron chi connectivity index (χ1n) is 7.46. The van der Waals surface area contributed by atoms with Crippen molar-refractivity contribution >= 4 is 33.3 Å². The SMILES string of the molecule is Cn1nc(NC(=O)c2cc([N+](=O)[O-])ccc2Oc2ccccc2)cc1Br. The van der Waals surface area contributed by atoms with Gasteiger partial charge in [0.1, 0.15) is 16.1 Å². The number of benzene rings is 2. The molecule has 0 spiro atoms.